The number of aldehydes is 1. The number of nitrogens with two attached hydrogens (primary N) is 1. The van der Waals surface area contributed by atoms with E-state index in [0.717, 1.165) is 24.3 Å². The molecule has 1 aromatic rings. The summed E-state index contributed by atoms with van der Waals surface area (Å²) in [4.78, 5) is 21.8. The molecule has 0 bridgehead atoms. The summed E-state index contributed by atoms with van der Waals surface area (Å²) in [5.41, 5.74) is 4.51. The van der Waals surface area contributed by atoms with E-state index >= 15 is 0 Å². The molecule has 3 N–H and O–H groups in total. The summed E-state index contributed by atoms with van der Waals surface area (Å²) < 4.78 is 51.4. The van der Waals surface area contributed by atoms with Gasteiger partial charge in [0.15, 0.2) is 0 Å². The zero-order valence-electron chi connectivity index (χ0n) is 11.7. The summed E-state index contributed by atoms with van der Waals surface area (Å²) in [6.07, 6.45) is -5.92. The molecule has 0 aliphatic carbocycles. The van der Waals surface area contributed by atoms with E-state index in [0.29, 0.717) is 6.29 Å². The minimum atomic E-state index is -4.49. The van der Waals surface area contributed by atoms with Gasteiger partial charge in [0.25, 0.3) is 0 Å². The van der Waals surface area contributed by atoms with Gasteiger partial charge in [-0.2, -0.15) is 13.2 Å². The maximum Gasteiger partial charge on any atom is 0.416 e. The van der Waals surface area contributed by atoms with E-state index in [1.54, 1.807) is 0 Å². The third kappa shape index (κ3) is 4.80. The second-order valence-electron chi connectivity index (χ2n) is 4.83. The first kappa shape index (κ1) is 18.1. The number of amides is 1. The lowest BCUT2D eigenvalue weighted by Crippen LogP contribution is -2.45. The van der Waals surface area contributed by atoms with Crippen LogP contribution < -0.4 is 11.1 Å². The highest BCUT2D eigenvalue weighted by atomic mass is 19.4. The van der Waals surface area contributed by atoms with Gasteiger partial charge in [-0.15, -0.1) is 0 Å². The van der Waals surface area contributed by atoms with Gasteiger partial charge in [0.1, 0.15) is 12.5 Å². The molecule has 8 heteroatoms. The molecule has 0 saturated carbocycles. The van der Waals surface area contributed by atoms with Crippen LogP contribution in [0.2, 0.25) is 0 Å². The Labute approximate surface area is 124 Å². The van der Waals surface area contributed by atoms with Gasteiger partial charge in [0, 0.05) is 6.42 Å². The molecule has 0 aromatic heterocycles. The molecule has 1 amide bonds. The molecule has 0 saturated heterocycles. The lowest BCUT2D eigenvalue weighted by Gasteiger charge is -2.20. The molecule has 0 radical (unpaired) electrons. The Morgan fingerprint density at radius 1 is 1.32 bits per heavy atom. The first-order valence-corrected chi connectivity index (χ1v) is 6.47. The van der Waals surface area contributed by atoms with Gasteiger partial charge in [0.2, 0.25) is 5.91 Å². The van der Waals surface area contributed by atoms with Gasteiger partial charge in [0.05, 0.1) is 17.6 Å². The molecule has 3 atom stereocenters. The molecule has 22 heavy (non-hydrogen) atoms. The molecule has 4 nitrogen and oxygen atoms in total. The summed E-state index contributed by atoms with van der Waals surface area (Å²) in [5, 5.41) is 2.29. The number of carbonyl (C=O) groups excluding carboxylic acids is 2. The van der Waals surface area contributed by atoms with Crippen LogP contribution in [0.5, 0.6) is 0 Å². The Balaban J connectivity index is 2.72. The highest BCUT2D eigenvalue weighted by Crippen LogP contribution is 2.31. The van der Waals surface area contributed by atoms with Crippen LogP contribution in [0.4, 0.5) is 17.6 Å². The smallest absolute Gasteiger partial charge is 0.349 e. The number of halogens is 4. The summed E-state index contributed by atoms with van der Waals surface area (Å²) in [6, 6.07) is 1.49. The zero-order chi connectivity index (χ0) is 16.9. The highest BCUT2D eigenvalue weighted by Gasteiger charge is 2.31. The van der Waals surface area contributed by atoms with Gasteiger partial charge >= 0.3 is 6.18 Å². The molecule has 0 spiro atoms. The van der Waals surface area contributed by atoms with Crippen LogP contribution in [-0.2, 0) is 15.8 Å². The van der Waals surface area contributed by atoms with E-state index in [-0.39, 0.29) is 12.0 Å². The normalized spacial score (nSPS) is 15.7. The Morgan fingerprint density at radius 3 is 2.32 bits per heavy atom. The topological polar surface area (TPSA) is 72.2 Å². The molecule has 1 aromatic carbocycles. The van der Waals surface area contributed by atoms with Crippen molar-refractivity contribution in [2.45, 2.75) is 37.8 Å². The molecule has 0 aliphatic heterocycles. The van der Waals surface area contributed by atoms with Gasteiger partial charge in [-0.25, -0.2) is 4.39 Å². The van der Waals surface area contributed by atoms with E-state index in [2.05, 4.69) is 5.32 Å². The number of carbonyl (C=O) groups is 2. The average Bonchev–Trinajstić information content (AvgIpc) is 2.45. The number of alkyl halides is 4. The SMILES string of the molecule is CC(NC(=O)C(N)CC=O)C(F)c1ccc(C(F)(F)F)cc1. The minimum absolute atomic E-state index is 0.00441. The standard InChI is InChI=1S/C14H16F4N2O2/c1-8(20-13(22)11(19)6-7-21)12(15)9-2-4-10(5-3-9)14(16,17)18/h2-5,7-8,11-12H,6,19H2,1H3,(H,20,22). The molecule has 3 unspecified atom stereocenters. The lowest BCUT2D eigenvalue weighted by atomic mass is 10.0. The number of hydrogen-bond acceptors (Lipinski definition) is 3. The second-order valence-corrected chi connectivity index (χ2v) is 4.83. The number of nitrogens with one attached hydrogen (secondary N) is 1. The Kier molecular flexibility index (Phi) is 6.04. The van der Waals surface area contributed by atoms with E-state index in [1.165, 1.54) is 6.92 Å². The van der Waals surface area contributed by atoms with Crippen LogP contribution in [-0.4, -0.2) is 24.3 Å². The van der Waals surface area contributed by atoms with Crippen molar-refractivity contribution >= 4 is 12.2 Å². The molecule has 0 aliphatic rings. The molecule has 1 rings (SSSR count). The van der Waals surface area contributed by atoms with Crippen LogP contribution in [0.3, 0.4) is 0 Å². The zero-order valence-corrected chi connectivity index (χ0v) is 11.7. The summed E-state index contributed by atoms with van der Waals surface area (Å²) >= 11 is 0. The van der Waals surface area contributed by atoms with E-state index in [4.69, 9.17) is 5.73 Å². The van der Waals surface area contributed by atoms with Gasteiger partial charge in [-0.05, 0) is 24.6 Å². The predicted molar refractivity (Wildman–Crippen MR) is 71.6 cm³/mol. The average molecular weight is 320 g/mol. The van der Waals surface area contributed by atoms with Crippen molar-refractivity contribution in [2.24, 2.45) is 5.73 Å². The third-order valence-corrected chi connectivity index (χ3v) is 3.05. The molecular formula is C14H16F4N2O2. The Bertz CT molecular complexity index is 517. The van der Waals surface area contributed by atoms with Gasteiger partial charge < -0.3 is 15.8 Å². The summed E-state index contributed by atoms with van der Waals surface area (Å²) in [6.45, 7) is 1.36. The molecule has 0 fully saturated rings. The summed E-state index contributed by atoms with van der Waals surface area (Å²) in [5.74, 6) is -0.700. The Morgan fingerprint density at radius 2 is 1.86 bits per heavy atom. The maximum atomic E-state index is 14.2. The molecule has 0 heterocycles. The van der Waals surface area contributed by atoms with Crippen molar-refractivity contribution in [1.82, 2.24) is 5.32 Å². The molecule has 122 valence electrons. The van der Waals surface area contributed by atoms with E-state index in [9.17, 15) is 27.2 Å². The monoisotopic (exact) mass is 320 g/mol. The predicted octanol–water partition coefficient (Wildman–Crippen LogP) is 2.14. The number of hydrogen-bond donors (Lipinski definition) is 2. The van der Waals surface area contributed by atoms with Crippen molar-refractivity contribution in [3.63, 3.8) is 0 Å². The van der Waals surface area contributed by atoms with Crippen molar-refractivity contribution in [1.29, 1.82) is 0 Å². The van der Waals surface area contributed by atoms with Gasteiger partial charge in [-0.3, -0.25) is 4.79 Å². The first-order valence-electron chi connectivity index (χ1n) is 6.47. The van der Waals surface area contributed by atoms with Crippen molar-refractivity contribution < 1.29 is 27.2 Å². The van der Waals surface area contributed by atoms with Crippen LogP contribution in [0.15, 0.2) is 24.3 Å². The first-order chi connectivity index (χ1) is 10.2. The van der Waals surface area contributed by atoms with Crippen LogP contribution in [0, 0.1) is 0 Å². The quantitative estimate of drug-likeness (QED) is 0.623. The lowest BCUT2D eigenvalue weighted by molar-refractivity contribution is -0.137. The van der Waals surface area contributed by atoms with Crippen molar-refractivity contribution in [3.8, 4) is 0 Å². The van der Waals surface area contributed by atoms with E-state index < -0.39 is 35.9 Å². The number of rotatable bonds is 6. The van der Waals surface area contributed by atoms with Crippen LogP contribution in [0.1, 0.15) is 30.6 Å². The van der Waals surface area contributed by atoms with Gasteiger partial charge in [-0.1, -0.05) is 12.1 Å². The van der Waals surface area contributed by atoms with Crippen molar-refractivity contribution in [3.05, 3.63) is 35.4 Å². The third-order valence-electron chi connectivity index (χ3n) is 3.05. The fraction of sp³-hybridized carbons (Fsp3) is 0.429. The fourth-order valence-corrected chi connectivity index (χ4v) is 1.76. The fourth-order valence-electron chi connectivity index (χ4n) is 1.76. The number of benzene rings is 1. The Hall–Kier alpha value is -1.96. The van der Waals surface area contributed by atoms with Crippen molar-refractivity contribution in [2.75, 3.05) is 0 Å². The van der Waals surface area contributed by atoms with Crippen LogP contribution >= 0.6 is 0 Å². The maximum absolute atomic E-state index is 14.2. The second kappa shape index (κ2) is 7.35. The molecular weight excluding hydrogens is 304 g/mol. The van der Waals surface area contributed by atoms with E-state index in [1.807, 2.05) is 0 Å². The highest BCUT2D eigenvalue weighted by molar-refractivity contribution is 5.84. The largest absolute Gasteiger partial charge is 0.416 e. The minimum Gasteiger partial charge on any atom is -0.349 e. The van der Waals surface area contributed by atoms with Crippen LogP contribution in [0.25, 0.3) is 0 Å². The summed E-state index contributed by atoms with van der Waals surface area (Å²) in [7, 11) is 0.